The number of carbonyl (C=O) groups excluding carboxylic acids is 1. The maximum atomic E-state index is 12.0. The summed E-state index contributed by atoms with van der Waals surface area (Å²) in [7, 11) is 0. The zero-order valence-electron chi connectivity index (χ0n) is 13.1. The minimum absolute atomic E-state index is 0.0572. The number of aliphatic carboxylic acids is 1. The number of carboxylic acids is 1. The van der Waals surface area contributed by atoms with E-state index in [9.17, 15) is 19.8 Å². The first kappa shape index (κ1) is 15.2. The van der Waals surface area contributed by atoms with Crippen LogP contribution in [0.5, 0.6) is 0 Å². The smallest absolute Gasteiger partial charge is 0.336 e. The van der Waals surface area contributed by atoms with Crippen LogP contribution in [0, 0.1) is 0 Å². The van der Waals surface area contributed by atoms with E-state index in [-0.39, 0.29) is 23.3 Å². The fraction of sp³-hybridized carbons (Fsp3) is 0.100. The molecule has 1 aromatic rings. The van der Waals surface area contributed by atoms with Crippen LogP contribution in [-0.4, -0.2) is 28.1 Å². The molecule has 5 nitrogen and oxygen atoms in total. The predicted octanol–water partition coefficient (Wildman–Crippen LogP) is 1.27. The number of aliphatic hydroxyl groups is 1. The maximum absolute atomic E-state index is 12.0. The molecule has 2 N–H and O–H groups in total. The molecule has 0 spiro atoms. The van der Waals surface area contributed by atoms with Crippen molar-refractivity contribution in [2.45, 2.75) is 12.5 Å². The highest BCUT2D eigenvalue weighted by atomic mass is 16.5. The van der Waals surface area contributed by atoms with Crippen LogP contribution in [0.4, 0.5) is 0 Å². The van der Waals surface area contributed by atoms with Crippen molar-refractivity contribution in [2.75, 3.05) is 0 Å². The van der Waals surface area contributed by atoms with Gasteiger partial charge < -0.3 is 14.9 Å². The normalized spacial score (nSPS) is 21.5. The van der Waals surface area contributed by atoms with E-state index in [0.717, 1.165) is 10.8 Å². The van der Waals surface area contributed by atoms with E-state index in [4.69, 9.17) is 4.74 Å². The molecule has 0 saturated heterocycles. The van der Waals surface area contributed by atoms with Gasteiger partial charge in [-0.25, -0.2) is 4.79 Å². The zero-order valence-corrected chi connectivity index (χ0v) is 13.1. The summed E-state index contributed by atoms with van der Waals surface area (Å²) in [6, 6.07) is 7.39. The van der Waals surface area contributed by atoms with E-state index >= 15 is 0 Å². The number of ketones is 1. The van der Waals surface area contributed by atoms with Crippen molar-refractivity contribution in [1.82, 2.24) is 0 Å². The van der Waals surface area contributed by atoms with E-state index in [0.29, 0.717) is 5.22 Å². The monoisotopic (exact) mass is 334 g/mol. The first-order valence-electron chi connectivity index (χ1n) is 7.83. The molecule has 1 heterocycles. The number of hydrogen-bond acceptors (Lipinski definition) is 4. The molecule has 1 aliphatic heterocycles. The second kappa shape index (κ2) is 5.63. The second-order valence-electron chi connectivity index (χ2n) is 5.89. The van der Waals surface area contributed by atoms with Crippen LogP contribution >= 0.6 is 0 Å². The third-order valence-electron chi connectivity index (χ3n) is 4.43. The molecule has 0 aromatic heterocycles. The molecule has 5 heteroatoms. The van der Waals surface area contributed by atoms with Gasteiger partial charge in [0.25, 0.3) is 0 Å². The molecule has 1 atom stereocenters. The highest BCUT2D eigenvalue weighted by molar-refractivity contribution is 6.07. The molecular formula is C20H14O5. The third-order valence-corrected chi connectivity index (χ3v) is 4.43. The van der Waals surface area contributed by atoms with Gasteiger partial charge >= 0.3 is 5.97 Å². The Kier molecular flexibility index (Phi) is 3.42. The summed E-state index contributed by atoms with van der Waals surface area (Å²) < 4.78 is 6.02. The van der Waals surface area contributed by atoms with Crippen molar-refractivity contribution in [3.8, 4) is 0 Å². The van der Waals surface area contributed by atoms with E-state index in [2.05, 4.69) is 0 Å². The molecule has 0 bridgehead atoms. The van der Waals surface area contributed by atoms with Gasteiger partial charge in [-0.05, 0) is 11.3 Å². The SMILES string of the molecule is O=C(O)C1=CCC(=O)C(O)=C1C1=c2ccccc2=C2C=CC=CC2O1. The van der Waals surface area contributed by atoms with Crippen LogP contribution in [0.1, 0.15) is 6.42 Å². The Balaban J connectivity index is 2.09. The number of aliphatic hydroxyl groups excluding tert-OH is 1. The van der Waals surface area contributed by atoms with Crippen LogP contribution < -0.4 is 10.4 Å². The summed E-state index contributed by atoms with van der Waals surface area (Å²) in [5.41, 5.74) is 0.767. The van der Waals surface area contributed by atoms with Crippen molar-refractivity contribution in [2.24, 2.45) is 0 Å². The van der Waals surface area contributed by atoms with E-state index in [1.54, 1.807) is 12.1 Å². The summed E-state index contributed by atoms with van der Waals surface area (Å²) in [6.07, 6.45) is 8.30. The molecule has 3 aliphatic rings. The Hall–Kier alpha value is -3.34. The number of benzene rings is 1. The van der Waals surface area contributed by atoms with Crippen molar-refractivity contribution >= 4 is 23.1 Å². The zero-order chi connectivity index (χ0) is 17.6. The van der Waals surface area contributed by atoms with Gasteiger partial charge in [0.2, 0.25) is 5.78 Å². The molecule has 2 aliphatic carbocycles. The maximum Gasteiger partial charge on any atom is 0.336 e. The standard InChI is InChI=1S/C20H14O5/c21-15-10-9-14(20(23)24)17(18(15)22)19-13-7-2-1-5-11(13)12-6-3-4-8-16(12)25-19/h1-9,16,22H,10H2,(H,23,24). The Morgan fingerprint density at radius 3 is 2.68 bits per heavy atom. The van der Waals surface area contributed by atoms with Gasteiger partial charge in [-0.2, -0.15) is 0 Å². The highest BCUT2D eigenvalue weighted by Crippen LogP contribution is 2.32. The lowest BCUT2D eigenvalue weighted by Gasteiger charge is -2.28. The van der Waals surface area contributed by atoms with E-state index in [1.165, 1.54) is 6.08 Å². The summed E-state index contributed by atoms with van der Waals surface area (Å²) in [5.74, 6) is -2.09. The predicted molar refractivity (Wildman–Crippen MR) is 90.7 cm³/mol. The minimum Gasteiger partial charge on any atom is -0.504 e. The Bertz CT molecular complexity index is 1050. The lowest BCUT2D eigenvalue weighted by atomic mass is 9.90. The van der Waals surface area contributed by atoms with Gasteiger partial charge in [0.1, 0.15) is 11.9 Å². The average molecular weight is 334 g/mol. The number of rotatable bonds is 2. The fourth-order valence-corrected chi connectivity index (χ4v) is 3.27. The number of hydrogen-bond donors (Lipinski definition) is 2. The fourth-order valence-electron chi connectivity index (χ4n) is 3.27. The first-order valence-corrected chi connectivity index (χ1v) is 7.83. The molecule has 0 fully saturated rings. The first-order chi connectivity index (χ1) is 12.1. The Morgan fingerprint density at radius 2 is 1.92 bits per heavy atom. The number of carbonyl (C=O) groups is 2. The summed E-state index contributed by atoms with van der Waals surface area (Å²) in [5, 5.41) is 21.4. The minimum atomic E-state index is -1.21. The van der Waals surface area contributed by atoms with Gasteiger partial charge in [0.05, 0.1) is 11.1 Å². The van der Waals surface area contributed by atoms with Gasteiger partial charge in [-0.1, -0.05) is 48.6 Å². The van der Waals surface area contributed by atoms with Crippen molar-refractivity contribution in [1.29, 1.82) is 0 Å². The summed E-state index contributed by atoms with van der Waals surface area (Å²) >= 11 is 0. The number of ether oxygens (including phenoxy) is 1. The number of Topliss-reactive ketones (excluding diaryl/α,β-unsaturated/α-hetero) is 1. The van der Waals surface area contributed by atoms with Crippen molar-refractivity contribution in [3.05, 3.63) is 82.0 Å². The van der Waals surface area contributed by atoms with E-state index in [1.807, 2.05) is 36.4 Å². The van der Waals surface area contributed by atoms with Gasteiger partial charge in [-0.3, -0.25) is 4.79 Å². The molecule has 25 heavy (non-hydrogen) atoms. The van der Waals surface area contributed by atoms with Crippen LogP contribution in [-0.2, 0) is 14.3 Å². The number of carboxylic acid groups (broad SMARTS) is 1. The van der Waals surface area contributed by atoms with Crippen LogP contribution in [0.2, 0.25) is 0 Å². The topological polar surface area (TPSA) is 83.8 Å². The summed E-state index contributed by atoms with van der Waals surface area (Å²) in [4.78, 5) is 23.6. The quantitative estimate of drug-likeness (QED) is 0.851. The molecule has 1 unspecified atom stereocenters. The molecule has 0 radical (unpaired) electrons. The van der Waals surface area contributed by atoms with Crippen LogP contribution in [0.15, 0.2) is 71.6 Å². The molecule has 1 aromatic carbocycles. The van der Waals surface area contributed by atoms with Gasteiger partial charge in [0.15, 0.2) is 5.76 Å². The van der Waals surface area contributed by atoms with Crippen LogP contribution in [0.3, 0.4) is 0 Å². The molecule has 124 valence electrons. The lowest BCUT2D eigenvalue weighted by molar-refractivity contribution is -0.132. The molecule has 0 amide bonds. The van der Waals surface area contributed by atoms with Crippen molar-refractivity contribution in [3.63, 3.8) is 0 Å². The molecule has 4 rings (SSSR count). The third kappa shape index (κ3) is 2.32. The second-order valence-corrected chi connectivity index (χ2v) is 5.89. The Morgan fingerprint density at radius 1 is 1.16 bits per heavy atom. The van der Waals surface area contributed by atoms with E-state index < -0.39 is 23.6 Å². The van der Waals surface area contributed by atoms with Crippen molar-refractivity contribution < 1.29 is 24.5 Å². The largest absolute Gasteiger partial charge is 0.504 e. The molecular weight excluding hydrogens is 320 g/mol. The van der Waals surface area contributed by atoms with Gasteiger partial charge in [0, 0.05) is 17.2 Å². The van der Waals surface area contributed by atoms with Crippen LogP contribution in [0.25, 0.3) is 11.3 Å². The Labute approximate surface area is 142 Å². The lowest BCUT2D eigenvalue weighted by Crippen LogP contribution is -2.39. The van der Waals surface area contributed by atoms with Gasteiger partial charge in [-0.15, -0.1) is 0 Å². The number of fused-ring (bicyclic) bond motifs is 2. The molecule has 0 saturated carbocycles. The summed E-state index contributed by atoms with van der Waals surface area (Å²) in [6.45, 7) is 0. The number of allylic oxidation sites excluding steroid dienone is 4. The highest BCUT2D eigenvalue weighted by Gasteiger charge is 2.33. The average Bonchev–Trinajstić information content (AvgIpc) is 2.63.